The molecule has 6 heteroatoms. The first kappa shape index (κ1) is 17.0. The van der Waals surface area contributed by atoms with Gasteiger partial charge in [0, 0.05) is 38.8 Å². The number of hydrogen-bond acceptors (Lipinski definition) is 3. The molecule has 3 N–H and O–H groups in total. The summed E-state index contributed by atoms with van der Waals surface area (Å²) in [6.45, 7) is 2.69. The SMILES string of the molecule is CN=C(NCc1ccc(O)c(F)c1)NC1CCN(C2CCCC2)C1. The van der Waals surface area contributed by atoms with Crippen molar-refractivity contribution in [3.63, 3.8) is 0 Å². The van der Waals surface area contributed by atoms with E-state index in [0.717, 1.165) is 37.1 Å². The van der Waals surface area contributed by atoms with Gasteiger partial charge in [0.15, 0.2) is 17.5 Å². The van der Waals surface area contributed by atoms with Gasteiger partial charge in [0.25, 0.3) is 0 Å². The fraction of sp³-hybridized carbons (Fsp3) is 0.611. The average molecular weight is 334 g/mol. The number of hydrogen-bond donors (Lipinski definition) is 3. The van der Waals surface area contributed by atoms with Crippen LogP contribution in [0.25, 0.3) is 0 Å². The molecule has 1 aliphatic heterocycles. The van der Waals surface area contributed by atoms with Gasteiger partial charge < -0.3 is 15.7 Å². The van der Waals surface area contributed by atoms with Gasteiger partial charge in [0.2, 0.25) is 0 Å². The van der Waals surface area contributed by atoms with Crippen LogP contribution < -0.4 is 10.6 Å². The first-order valence-electron chi connectivity index (χ1n) is 8.84. The van der Waals surface area contributed by atoms with E-state index in [0.29, 0.717) is 12.6 Å². The maximum atomic E-state index is 13.4. The molecule has 0 amide bonds. The van der Waals surface area contributed by atoms with E-state index in [-0.39, 0.29) is 5.75 Å². The third kappa shape index (κ3) is 4.17. The van der Waals surface area contributed by atoms with E-state index in [4.69, 9.17) is 0 Å². The molecule has 3 rings (SSSR count). The summed E-state index contributed by atoms with van der Waals surface area (Å²) in [5.74, 6) is -0.179. The molecule has 2 fully saturated rings. The fourth-order valence-electron chi connectivity index (χ4n) is 3.74. The average Bonchev–Trinajstić information content (AvgIpc) is 3.25. The second-order valence-corrected chi connectivity index (χ2v) is 6.77. The van der Waals surface area contributed by atoms with Gasteiger partial charge in [-0.25, -0.2) is 4.39 Å². The Morgan fingerprint density at radius 3 is 2.83 bits per heavy atom. The molecule has 1 aromatic carbocycles. The number of aromatic hydroxyl groups is 1. The molecule has 1 saturated carbocycles. The molecule has 24 heavy (non-hydrogen) atoms. The van der Waals surface area contributed by atoms with Crippen LogP contribution in [0.4, 0.5) is 4.39 Å². The standard InChI is InChI=1S/C18H27FN4O/c1-20-18(21-11-13-6-7-17(24)16(19)10-13)22-14-8-9-23(12-14)15-4-2-3-5-15/h6-7,10,14-15,24H,2-5,8-9,11-12H2,1H3,(H2,20,21,22). The summed E-state index contributed by atoms with van der Waals surface area (Å²) in [7, 11) is 1.75. The normalized spacial score (nSPS) is 22.9. The van der Waals surface area contributed by atoms with E-state index < -0.39 is 5.82 Å². The number of guanidine groups is 1. The molecule has 0 spiro atoms. The van der Waals surface area contributed by atoms with Crippen LogP contribution in [-0.2, 0) is 6.54 Å². The monoisotopic (exact) mass is 334 g/mol. The summed E-state index contributed by atoms with van der Waals surface area (Å²) in [5.41, 5.74) is 0.771. The quantitative estimate of drug-likeness (QED) is 0.584. The highest BCUT2D eigenvalue weighted by Gasteiger charge is 2.30. The lowest BCUT2D eigenvalue weighted by molar-refractivity contribution is 0.242. The number of rotatable bonds is 4. The first-order chi connectivity index (χ1) is 11.7. The van der Waals surface area contributed by atoms with Crippen molar-refractivity contribution < 1.29 is 9.50 Å². The number of benzene rings is 1. The van der Waals surface area contributed by atoms with Gasteiger partial charge in [0.1, 0.15) is 0 Å². The highest BCUT2D eigenvalue weighted by atomic mass is 19.1. The van der Waals surface area contributed by atoms with Gasteiger partial charge in [-0.2, -0.15) is 0 Å². The molecule has 5 nitrogen and oxygen atoms in total. The van der Waals surface area contributed by atoms with Crippen molar-refractivity contribution in [2.75, 3.05) is 20.1 Å². The van der Waals surface area contributed by atoms with Crippen LogP contribution in [0.2, 0.25) is 0 Å². The summed E-state index contributed by atoms with van der Waals surface area (Å²) in [6.07, 6.45) is 6.54. The largest absolute Gasteiger partial charge is 0.505 e. The lowest BCUT2D eigenvalue weighted by Crippen LogP contribution is -2.45. The van der Waals surface area contributed by atoms with Crippen LogP contribution in [0.5, 0.6) is 5.75 Å². The van der Waals surface area contributed by atoms with Crippen LogP contribution in [0, 0.1) is 5.82 Å². The van der Waals surface area contributed by atoms with Gasteiger partial charge in [-0.3, -0.25) is 9.89 Å². The van der Waals surface area contributed by atoms with E-state index in [1.54, 1.807) is 13.1 Å². The Hall–Kier alpha value is -1.82. The van der Waals surface area contributed by atoms with Crippen LogP contribution in [0.1, 0.15) is 37.7 Å². The Kier molecular flexibility index (Phi) is 5.56. The van der Waals surface area contributed by atoms with Crippen LogP contribution in [-0.4, -0.2) is 48.2 Å². The number of nitrogens with one attached hydrogen (secondary N) is 2. The van der Waals surface area contributed by atoms with Crippen molar-refractivity contribution in [3.8, 4) is 5.75 Å². The van der Waals surface area contributed by atoms with Gasteiger partial charge in [0.05, 0.1) is 0 Å². The van der Waals surface area contributed by atoms with Crippen molar-refractivity contribution >= 4 is 5.96 Å². The number of likely N-dealkylation sites (tertiary alicyclic amines) is 1. The van der Waals surface area contributed by atoms with Crippen molar-refractivity contribution in [2.45, 2.75) is 50.7 Å². The lowest BCUT2D eigenvalue weighted by Gasteiger charge is -2.24. The summed E-state index contributed by atoms with van der Waals surface area (Å²) in [5, 5.41) is 15.9. The van der Waals surface area contributed by atoms with Crippen LogP contribution in [0.15, 0.2) is 23.2 Å². The number of phenols is 1. The molecule has 2 aliphatic rings. The zero-order chi connectivity index (χ0) is 16.9. The molecule has 1 heterocycles. The second kappa shape index (κ2) is 7.83. The molecule has 1 atom stereocenters. The molecule has 132 valence electrons. The molecule has 1 aromatic rings. The maximum absolute atomic E-state index is 13.4. The van der Waals surface area contributed by atoms with Gasteiger partial charge in [-0.1, -0.05) is 18.9 Å². The summed E-state index contributed by atoms with van der Waals surface area (Å²) in [4.78, 5) is 6.87. The number of nitrogens with zero attached hydrogens (tertiary/aromatic N) is 2. The predicted molar refractivity (Wildman–Crippen MR) is 93.6 cm³/mol. The van der Waals surface area contributed by atoms with Gasteiger partial charge >= 0.3 is 0 Å². The van der Waals surface area contributed by atoms with Crippen molar-refractivity contribution in [2.24, 2.45) is 4.99 Å². The Morgan fingerprint density at radius 1 is 1.33 bits per heavy atom. The third-order valence-electron chi connectivity index (χ3n) is 5.10. The molecular formula is C18H27FN4O. The maximum Gasteiger partial charge on any atom is 0.191 e. The van der Waals surface area contributed by atoms with E-state index in [9.17, 15) is 9.50 Å². The zero-order valence-corrected chi connectivity index (χ0v) is 14.3. The highest BCUT2D eigenvalue weighted by Crippen LogP contribution is 2.26. The van der Waals surface area contributed by atoms with Crippen molar-refractivity contribution in [1.82, 2.24) is 15.5 Å². The number of halogens is 1. The van der Waals surface area contributed by atoms with E-state index >= 15 is 0 Å². The summed E-state index contributed by atoms with van der Waals surface area (Å²) >= 11 is 0. The van der Waals surface area contributed by atoms with E-state index in [1.807, 2.05) is 0 Å². The Balaban J connectivity index is 1.47. The number of aliphatic imine (C=N–C) groups is 1. The molecule has 0 radical (unpaired) electrons. The summed E-state index contributed by atoms with van der Waals surface area (Å²) in [6, 6.07) is 5.60. The zero-order valence-electron chi connectivity index (χ0n) is 14.3. The molecule has 1 saturated heterocycles. The van der Waals surface area contributed by atoms with Gasteiger partial charge in [-0.15, -0.1) is 0 Å². The number of phenolic OH excluding ortho intramolecular Hbond substituents is 1. The molecule has 1 aliphatic carbocycles. The minimum absolute atomic E-state index is 0.320. The van der Waals surface area contributed by atoms with Crippen molar-refractivity contribution in [1.29, 1.82) is 0 Å². The lowest BCUT2D eigenvalue weighted by atomic mass is 10.2. The minimum Gasteiger partial charge on any atom is -0.505 e. The minimum atomic E-state index is -0.597. The smallest absolute Gasteiger partial charge is 0.191 e. The van der Waals surface area contributed by atoms with Crippen molar-refractivity contribution in [3.05, 3.63) is 29.6 Å². The fourth-order valence-corrected chi connectivity index (χ4v) is 3.74. The van der Waals surface area contributed by atoms with Gasteiger partial charge in [-0.05, 0) is 37.0 Å². The first-order valence-corrected chi connectivity index (χ1v) is 8.84. The van der Waals surface area contributed by atoms with E-state index in [2.05, 4.69) is 20.5 Å². The molecule has 1 unspecified atom stereocenters. The Labute approximate surface area is 143 Å². The van der Waals surface area contributed by atoms with Crippen LogP contribution in [0.3, 0.4) is 0 Å². The topological polar surface area (TPSA) is 59.9 Å². The Morgan fingerprint density at radius 2 is 2.12 bits per heavy atom. The van der Waals surface area contributed by atoms with E-state index in [1.165, 1.54) is 37.8 Å². The Bertz CT molecular complexity index is 586. The molecular weight excluding hydrogens is 307 g/mol. The van der Waals surface area contributed by atoms with Crippen LogP contribution >= 0.6 is 0 Å². The molecule has 0 bridgehead atoms. The molecule has 0 aromatic heterocycles. The highest BCUT2D eigenvalue weighted by molar-refractivity contribution is 5.80. The predicted octanol–water partition coefficient (Wildman–Crippen LogP) is 2.21. The second-order valence-electron chi connectivity index (χ2n) is 6.77. The summed E-state index contributed by atoms with van der Waals surface area (Å²) < 4.78 is 13.4. The third-order valence-corrected chi connectivity index (χ3v) is 5.10.